The van der Waals surface area contributed by atoms with Crippen LogP contribution in [-0.4, -0.2) is 32.4 Å². The first kappa shape index (κ1) is 18.1. The van der Waals surface area contributed by atoms with Crippen LogP contribution in [0.1, 0.15) is 41.6 Å². The number of rotatable bonds is 5. The number of halogens is 1. The van der Waals surface area contributed by atoms with E-state index in [2.05, 4.69) is 35.7 Å². The molecule has 134 valence electrons. The first-order chi connectivity index (χ1) is 12.4. The van der Waals surface area contributed by atoms with E-state index in [1.54, 1.807) is 11.4 Å². The summed E-state index contributed by atoms with van der Waals surface area (Å²) in [6.07, 6.45) is 1.50. The lowest BCUT2D eigenvalue weighted by atomic mass is 10.00. The highest BCUT2D eigenvalue weighted by Crippen LogP contribution is 2.33. The number of nitrogens with zero attached hydrogens (tertiary/aromatic N) is 4. The average molecular weight is 371 g/mol. The van der Waals surface area contributed by atoms with E-state index in [0.717, 1.165) is 16.8 Å². The first-order valence-corrected chi connectivity index (χ1v) is 8.61. The Morgan fingerprint density at radius 3 is 2.81 bits per heavy atom. The van der Waals surface area contributed by atoms with Crippen molar-refractivity contribution in [2.24, 2.45) is 0 Å². The summed E-state index contributed by atoms with van der Waals surface area (Å²) >= 11 is 6.16. The van der Waals surface area contributed by atoms with Crippen LogP contribution in [0.5, 0.6) is 0 Å². The van der Waals surface area contributed by atoms with Crippen LogP contribution in [0.2, 0.25) is 5.02 Å². The summed E-state index contributed by atoms with van der Waals surface area (Å²) in [7, 11) is 0. The lowest BCUT2D eigenvalue weighted by molar-refractivity contribution is 0.0539. The predicted octanol–water partition coefficient (Wildman–Crippen LogP) is 4.22. The number of carbonyl (C=O) groups is 1. The number of hydrogen-bond donors (Lipinski definition) is 0. The van der Waals surface area contributed by atoms with E-state index in [1.165, 1.54) is 6.08 Å². The van der Waals surface area contributed by atoms with Crippen LogP contribution in [0.15, 0.2) is 36.9 Å². The highest BCUT2D eigenvalue weighted by atomic mass is 35.5. The molecule has 0 radical (unpaired) electrons. The summed E-state index contributed by atoms with van der Waals surface area (Å²) in [4.78, 5) is 12.2. The van der Waals surface area contributed by atoms with Crippen LogP contribution in [0.4, 0.5) is 0 Å². The Balaban J connectivity index is 2.22. The van der Waals surface area contributed by atoms with Crippen molar-refractivity contribution in [3.8, 4) is 11.1 Å². The van der Waals surface area contributed by atoms with Crippen LogP contribution in [-0.2, 0) is 4.74 Å². The molecule has 0 aliphatic rings. The monoisotopic (exact) mass is 370 g/mol. The molecule has 3 aromatic rings. The number of aromatic nitrogens is 4. The number of fused-ring (bicyclic) bond motifs is 1. The smallest absolute Gasteiger partial charge is 0.361 e. The quantitative estimate of drug-likeness (QED) is 0.496. The van der Waals surface area contributed by atoms with Crippen molar-refractivity contribution in [1.82, 2.24) is 19.8 Å². The van der Waals surface area contributed by atoms with Gasteiger partial charge in [0.25, 0.3) is 0 Å². The second-order valence-corrected chi connectivity index (χ2v) is 6.62. The maximum absolute atomic E-state index is 12.2. The Labute approximate surface area is 156 Å². The van der Waals surface area contributed by atoms with Crippen molar-refractivity contribution >= 4 is 23.2 Å². The number of carbonyl (C=O) groups excluding carboxylic acids is 1. The molecule has 0 N–H and O–H groups in total. The third kappa shape index (κ3) is 3.20. The second kappa shape index (κ2) is 7.25. The lowest BCUT2D eigenvalue weighted by Crippen LogP contribution is -2.14. The van der Waals surface area contributed by atoms with Gasteiger partial charge >= 0.3 is 5.97 Å². The van der Waals surface area contributed by atoms with Gasteiger partial charge < -0.3 is 4.74 Å². The standard InChI is InChI=1S/C19H19ClN4O2/c1-5-9-26-19(25)17-12(4)24-18(22-21-17)15(16(23-24)11(2)3)13-7-6-8-14(20)10-13/h5-8,10-11H,1,9H2,2-4H3. The van der Waals surface area contributed by atoms with Crippen molar-refractivity contribution in [3.63, 3.8) is 0 Å². The number of hydrogen-bond acceptors (Lipinski definition) is 5. The fourth-order valence-electron chi connectivity index (χ4n) is 2.74. The third-order valence-corrected chi connectivity index (χ3v) is 4.21. The van der Waals surface area contributed by atoms with Crippen molar-refractivity contribution in [2.45, 2.75) is 26.7 Å². The number of ether oxygens (including phenoxy) is 1. The van der Waals surface area contributed by atoms with Gasteiger partial charge in [-0.3, -0.25) is 0 Å². The van der Waals surface area contributed by atoms with Crippen LogP contribution < -0.4 is 0 Å². The molecule has 0 saturated carbocycles. The van der Waals surface area contributed by atoms with Crippen LogP contribution in [0.3, 0.4) is 0 Å². The van der Waals surface area contributed by atoms with Gasteiger partial charge in [0.1, 0.15) is 6.61 Å². The molecule has 2 aromatic heterocycles. The Morgan fingerprint density at radius 1 is 1.38 bits per heavy atom. The zero-order valence-electron chi connectivity index (χ0n) is 14.9. The Kier molecular flexibility index (Phi) is 5.04. The Morgan fingerprint density at radius 2 is 2.15 bits per heavy atom. The SMILES string of the molecule is C=CCOC(=O)c1nnc2c(-c3cccc(Cl)c3)c(C(C)C)nn2c1C. The summed E-state index contributed by atoms with van der Waals surface area (Å²) in [5.41, 5.74) is 3.92. The minimum atomic E-state index is -0.553. The summed E-state index contributed by atoms with van der Waals surface area (Å²) < 4.78 is 6.72. The van der Waals surface area contributed by atoms with E-state index in [1.807, 2.05) is 24.3 Å². The Hall–Kier alpha value is -2.73. The molecule has 3 rings (SSSR count). The largest absolute Gasteiger partial charge is 0.457 e. The zero-order chi connectivity index (χ0) is 18.8. The fraction of sp³-hybridized carbons (Fsp3) is 0.263. The van der Waals surface area contributed by atoms with E-state index in [-0.39, 0.29) is 18.2 Å². The summed E-state index contributed by atoms with van der Waals surface area (Å²) in [6.45, 7) is 9.52. The molecule has 0 bridgehead atoms. The average Bonchev–Trinajstić information content (AvgIpc) is 3.01. The molecule has 0 amide bonds. The third-order valence-electron chi connectivity index (χ3n) is 3.98. The van der Waals surface area contributed by atoms with Crippen molar-refractivity contribution in [3.05, 3.63) is 59.0 Å². The summed E-state index contributed by atoms with van der Waals surface area (Å²) in [6, 6.07) is 7.52. The molecule has 1 aromatic carbocycles. The van der Waals surface area contributed by atoms with Crippen molar-refractivity contribution in [1.29, 1.82) is 0 Å². The molecule has 0 fully saturated rings. The molecule has 0 aliphatic carbocycles. The summed E-state index contributed by atoms with van der Waals surface area (Å²) in [5, 5.41) is 13.7. The Bertz CT molecular complexity index is 995. The molecular formula is C19H19ClN4O2. The van der Waals surface area contributed by atoms with Gasteiger partial charge in [0, 0.05) is 5.02 Å². The van der Waals surface area contributed by atoms with Gasteiger partial charge in [-0.2, -0.15) is 5.10 Å². The van der Waals surface area contributed by atoms with Gasteiger partial charge in [-0.25, -0.2) is 9.31 Å². The molecular weight excluding hydrogens is 352 g/mol. The fourth-order valence-corrected chi connectivity index (χ4v) is 2.93. The van der Waals surface area contributed by atoms with Gasteiger partial charge in [0.15, 0.2) is 11.3 Å². The van der Waals surface area contributed by atoms with E-state index in [9.17, 15) is 4.79 Å². The van der Waals surface area contributed by atoms with E-state index >= 15 is 0 Å². The molecule has 0 aliphatic heterocycles. The maximum atomic E-state index is 12.2. The second-order valence-electron chi connectivity index (χ2n) is 6.18. The molecule has 2 heterocycles. The normalized spacial score (nSPS) is 11.1. The van der Waals surface area contributed by atoms with Crippen LogP contribution >= 0.6 is 11.6 Å². The molecule has 0 spiro atoms. The van der Waals surface area contributed by atoms with Crippen LogP contribution in [0, 0.1) is 6.92 Å². The van der Waals surface area contributed by atoms with Gasteiger partial charge in [0.2, 0.25) is 0 Å². The molecule has 0 saturated heterocycles. The van der Waals surface area contributed by atoms with Gasteiger partial charge in [-0.1, -0.05) is 50.2 Å². The number of benzene rings is 1. The topological polar surface area (TPSA) is 69.4 Å². The highest BCUT2D eigenvalue weighted by Gasteiger charge is 2.23. The molecule has 0 unspecified atom stereocenters. The van der Waals surface area contributed by atoms with Gasteiger partial charge in [0.05, 0.1) is 17.0 Å². The van der Waals surface area contributed by atoms with Gasteiger partial charge in [-0.15, -0.1) is 10.2 Å². The zero-order valence-corrected chi connectivity index (χ0v) is 15.6. The highest BCUT2D eigenvalue weighted by molar-refractivity contribution is 6.30. The van der Waals surface area contributed by atoms with Crippen LogP contribution in [0.25, 0.3) is 16.8 Å². The molecule has 0 atom stereocenters. The number of esters is 1. The van der Waals surface area contributed by atoms with Gasteiger partial charge in [-0.05, 0) is 30.5 Å². The molecule has 26 heavy (non-hydrogen) atoms. The summed E-state index contributed by atoms with van der Waals surface area (Å²) in [5.74, 6) is -0.399. The predicted molar refractivity (Wildman–Crippen MR) is 101 cm³/mol. The number of aryl methyl sites for hydroxylation is 1. The lowest BCUT2D eigenvalue weighted by Gasteiger charge is -2.06. The maximum Gasteiger partial charge on any atom is 0.361 e. The van der Waals surface area contributed by atoms with Crippen molar-refractivity contribution in [2.75, 3.05) is 6.61 Å². The minimum absolute atomic E-state index is 0.113. The van der Waals surface area contributed by atoms with E-state index in [4.69, 9.17) is 16.3 Å². The van der Waals surface area contributed by atoms with E-state index in [0.29, 0.717) is 16.4 Å². The first-order valence-electron chi connectivity index (χ1n) is 8.24. The molecule has 7 heteroatoms. The van der Waals surface area contributed by atoms with Crippen molar-refractivity contribution < 1.29 is 9.53 Å². The molecule has 6 nitrogen and oxygen atoms in total. The minimum Gasteiger partial charge on any atom is -0.457 e. The van der Waals surface area contributed by atoms with E-state index < -0.39 is 5.97 Å².